The number of ether oxygens (including phenoxy) is 1. The van der Waals surface area contributed by atoms with Gasteiger partial charge in [-0.2, -0.15) is 0 Å². The van der Waals surface area contributed by atoms with Crippen LogP contribution in [0, 0.1) is 5.92 Å². The van der Waals surface area contributed by atoms with E-state index in [1.165, 1.54) is 0 Å². The summed E-state index contributed by atoms with van der Waals surface area (Å²) in [6.07, 6.45) is 0.523. The van der Waals surface area contributed by atoms with Crippen molar-refractivity contribution in [1.82, 2.24) is 10.2 Å². The Bertz CT molecular complexity index is 703. The Morgan fingerprint density at radius 3 is 2.16 bits per heavy atom. The number of benzene rings is 1. The standard InChI is InChI=1S/C22H37N2O6P/c1-6-28-22(26)15-23-20(25)17-24(16-19-12-10-9-11-13-19)21(14-18(4)5)31(27,29-7-2)30-8-3/h9-13,18,21H,6-8,14-17H2,1-5H3,(H,23,25). The van der Waals surface area contributed by atoms with Crippen molar-refractivity contribution >= 4 is 19.5 Å². The van der Waals surface area contributed by atoms with Crippen molar-refractivity contribution < 1.29 is 27.9 Å². The maximum absolute atomic E-state index is 13.7. The van der Waals surface area contributed by atoms with E-state index in [0.29, 0.717) is 13.0 Å². The van der Waals surface area contributed by atoms with Crippen molar-refractivity contribution in [2.24, 2.45) is 5.92 Å². The van der Waals surface area contributed by atoms with E-state index >= 15 is 0 Å². The van der Waals surface area contributed by atoms with Crippen LogP contribution >= 0.6 is 7.60 Å². The normalized spacial score (nSPS) is 12.7. The molecule has 8 nitrogen and oxygen atoms in total. The Hall–Kier alpha value is -1.73. The van der Waals surface area contributed by atoms with E-state index < -0.39 is 19.3 Å². The minimum absolute atomic E-state index is 0.0597. The van der Waals surface area contributed by atoms with Gasteiger partial charge in [-0.05, 0) is 38.7 Å². The lowest BCUT2D eigenvalue weighted by molar-refractivity contribution is -0.143. The fourth-order valence-electron chi connectivity index (χ4n) is 3.18. The number of carbonyl (C=O) groups is 2. The van der Waals surface area contributed by atoms with E-state index in [2.05, 4.69) is 5.32 Å². The summed E-state index contributed by atoms with van der Waals surface area (Å²) in [6.45, 7) is 10.1. The molecule has 1 rings (SSSR count). The van der Waals surface area contributed by atoms with Crippen LogP contribution in [0.1, 0.15) is 46.6 Å². The summed E-state index contributed by atoms with van der Waals surface area (Å²) in [6, 6.07) is 9.63. The monoisotopic (exact) mass is 456 g/mol. The highest BCUT2D eigenvalue weighted by atomic mass is 31.2. The van der Waals surface area contributed by atoms with E-state index in [4.69, 9.17) is 13.8 Å². The van der Waals surface area contributed by atoms with Crippen molar-refractivity contribution in [2.75, 3.05) is 32.9 Å². The first-order valence-electron chi connectivity index (χ1n) is 10.8. The molecule has 0 heterocycles. The van der Waals surface area contributed by atoms with Gasteiger partial charge in [-0.1, -0.05) is 44.2 Å². The Morgan fingerprint density at radius 1 is 1.03 bits per heavy atom. The molecular formula is C22H37N2O6P. The second kappa shape index (κ2) is 14.4. The molecule has 0 radical (unpaired) electrons. The van der Waals surface area contributed by atoms with Gasteiger partial charge in [-0.25, -0.2) is 0 Å². The van der Waals surface area contributed by atoms with Gasteiger partial charge in [-0.3, -0.25) is 19.1 Å². The average Bonchev–Trinajstić information content (AvgIpc) is 2.71. The highest BCUT2D eigenvalue weighted by Gasteiger charge is 2.40. The molecular weight excluding hydrogens is 419 g/mol. The predicted molar refractivity (Wildman–Crippen MR) is 121 cm³/mol. The summed E-state index contributed by atoms with van der Waals surface area (Å²) >= 11 is 0. The minimum atomic E-state index is -3.53. The van der Waals surface area contributed by atoms with Crippen LogP contribution in [0.2, 0.25) is 0 Å². The van der Waals surface area contributed by atoms with Crippen LogP contribution in [0.3, 0.4) is 0 Å². The first-order valence-corrected chi connectivity index (χ1v) is 12.5. The lowest BCUT2D eigenvalue weighted by atomic mass is 10.1. The predicted octanol–water partition coefficient (Wildman–Crippen LogP) is 3.81. The average molecular weight is 457 g/mol. The minimum Gasteiger partial charge on any atom is -0.465 e. The van der Waals surface area contributed by atoms with Crippen LogP contribution in [0.15, 0.2) is 30.3 Å². The zero-order chi connectivity index (χ0) is 23.3. The van der Waals surface area contributed by atoms with Crippen molar-refractivity contribution in [2.45, 2.75) is 53.4 Å². The Morgan fingerprint density at radius 2 is 1.65 bits per heavy atom. The number of esters is 1. The molecule has 0 saturated heterocycles. The molecule has 1 N–H and O–H groups in total. The largest absolute Gasteiger partial charge is 0.465 e. The summed E-state index contributed by atoms with van der Waals surface area (Å²) in [5.41, 5.74) is 0.967. The van der Waals surface area contributed by atoms with Crippen LogP contribution in [-0.4, -0.2) is 55.5 Å². The second-order valence-corrected chi connectivity index (χ2v) is 9.65. The third-order valence-corrected chi connectivity index (χ3v) is 6.90. The lowest BCUT2D eigenvalue weighted by Crippen LogP contribution is -2.44. The maximum Gasteiger partial charge on any atom is 0.347 e. The highest BCUT2D eigenvalue weighted by Crippen LogP contribution is 2.56. The molecule has 0 aromatic heterocycles. The molecule has 0 aliphatic rings. The Kier molecular flexibility index (Phi) is 12.6. The molecule has 1 amide bonds. The van der Waals surface area contributed by atoms with Crippen LogP contribution < -0.4 is 5.32 Å². The van der Waals surface area contributed by atoms with Gasteiger partial charge < -0.3 is 19.1 Å². The smallest absolute Gasteiger partial charge is 0.347 e. The van der Waals surface area contributed by atoms with E-state index in [9.17, 15) is 14.2 Å². The van der Waals surface area contributed by atoms with Crippen molar-refractivity contribution in [3.8, 4) is 0 Å². The van der Waals surface area contributed by atoms with Gasteiger partial charge in [0.1, 0.15) is 12.3 Å². The van der Waals surface area contributed by atoms with Crippen LogP contribution in [0.5, 0.6) is 0 Å². The molecule has 1 unspecified atom stereocenters. The zero-order valence-electron chi connectivity index (χ0n) is 19.3. The Labute approximate surface area is 186 Å². The molecule has 1 aromatic rings. The van der Waals surface area contributed by atoms with E-state index in [0.717, 1.165) is 5.56 Å². The van der Waals surface area contributed by atoms with Gasteiger partial charge in [0, 0.05) is 6.54 Å². The van der Waals surface area contributed by atoms with E-state index in [1.807, 2.05) is 49.1 Å². The molecule has 0 aliphatic carbocycles. The van der Waals surface area contributed by atoms with Crippen LogP contribution in [0.25, 0.3) is 0 Å². The van der Waals surface area contributed by atoms with Gasteiger partial charge in [0.05, 0.1) is 26.4 Å². The number of rotatable bonds is 15. The van der Waals surface area contributed by atoms with Gasteiger partial charge in [0.2, 0.25) is 5.91 Å². The van der Waals surface area contributed by atoms with Crippen molar-refractivity contribution in [3.05, 3.63) is 35.9 Å². The van der Waals surface area contributed by atoms with Gasteiger partial charge in [-0.15, -0.1) is 0 Å². The molecule has 1 aromatic carbocycles. The first-order chi connectivity index (χ1) is 14.8. The number of carbonyl (C=O) groups excluding carboxylic acids is 2. The molecule has 0 saturated carbocycles. The topological polar surface area (TPSA) is 94.2 Å². The molecule has 31 heavy (non-hydrogen) atoms. The van der Waals surface area contributed by atoms with Crippen LogP contribution in [-0.2, 0) is 34.5 Å². The van der Waals surface area contributed by atoms with Gasteiger partial charge in [0.15, 0.2) is 0 Å². The summed E-state index contributed by atoms with van der Waals surface area (Å²) in [7, 11) is -3.53. The fraction of sp³-hybridized carbons (Fsp3) is 0.636. The van der Waals surface area contributed by atoms with Gasteiger partial charge in [0.25, 0.3) is 0 Å². The summed E-state index contributed by atoms with van der Waals surface area (Å²) < 4.78 is 29.9. The third-order valence-electron chi connectivity index (χ3n) is 4.40. The number of hydrogen-bond acceptors (Lipinski definition) is 7. The fourth-order valence-corrected chi connectivity index (χ4v) is 5.56. The highest BCUT2D eigenvalue weighted by molar-refractivity contribution is 7.54. The third kappa shape index (κ3) is 9.95. The second-order valence-electron chi connectivity index (χ2n) is 7.46. The molecule has 0 spiro atoms. The maximum atomic E-state index is 13.7. The molecule has 0 aliphatic heterocycles. The van der Waals surface area contributed by atoms with E-state index in [-0.39, 0.29) is 44.7 Å². The summed E-state index contributed by atoms with van der Waals surface area (Å²) in [5, 5.41) is 2.58. The van der Waals surface area contributed by atoms with E-state index in [1.54, 1.807) is 20.8 Å². The number of hydrogen-bond donors (Lipinski definition) is 1. The molecule has 0 fully saturated rings. The van der Waals surface area contributed by atoms with Crippen LogP contribution in [0.4, 0.5) is 0 Å². The lowest BCUT2D eigenvalue weighted by Gasteiger charge is -2.36. The number of nitrogens with one attached hydrogen (secondary N) is 1. The van der Waals surface area contributed by atoms with Gasteiger partial charge >= 0.3 is 13.6 Å². The SMILES string of the molecule is CCOC(=O)CNC(=O)CN(Cc1ccccc1)C(CC(C)C)P(=O)(OCC)OCC. The van der Waals surface area contributed by atoms with Crippen molar-refractivity contribution in [1.29, 1.82) is 0 Å². The molecule has 9 heteroatoms. The summed E-state index contributed by atoms with van der Waals surface area (Å²) in [4.78, 5) is 26.1. The number of nitrogens with zero attached hydrogens (tertiary/aromatic N) is 1. The summed E-state index contributed by atoms with van der Waals surface area (Å²) in [5.74, 6) is -1.28. The first kappa shape index (κ1) is 27.3. The Balaban J connectivity index is 3.17. The van der Waals surface area contributed by atoms with Crippen molar-refractivity contribution in [3.63, 3.8) is 0 Å². The zero-order valence-corrected chi connectivity index (χ0v) is 20.2. The molecule has 0 bridgehead atoms. The quantitative estimate of drug-likeness (QED) is 0.317. The number of amides is 1. The molecule has 176 valence electrons. The molecule has 1 atom stereocenters.